The lowest BCUT2D eigenvalue weighted by molar-refractivity contribution is -0.141. The van der Waals surface area contributed by atoms with E-state index in [1.807, 2.05) is 0 Å². The molecule has 160 valence electrons. The molecule has 0 saturated heterocycles. The molecule has 0 fully saturated rings. The summed E-state index contributed by atoms with van der Waals surface area (Å²) in [4.78, 5) is 12.1. The van der Waals surface area contributed by atoms with E-state index in [2.05, 4.69) is 4.40 Å². The summed E-state index contributed by atoms with van der Waals surface area (Å²) in [6, 6.07) is 9.22. The number of rotatable bonds is 7. The number of nitrogens with zero attached hydrogens (tertiary/aromatic N) is 2. The van der Waals surface area contributed by atoms with Crippen LogP contribution >= 0.6 is 11.3 Å². The highest BCUT2D eigenvalue weighted by molar-refractivity contribution is 7.90. The molecule has 0 N–H and O–H groups in total. The Labute approximate surface area is 177 Å². The zero-order valence-electron chi connectivity index (χ0n) is 16.7. The number of fused-ring (bicyclic) bond motifs is 1. The third-order valence-electron chi connectivity index (χ3n) is 4.26. The molecule has 0 aliphatic heterocycles. The normalized spacial score (nSPS) is 12.1. The van der Waals surface area contributed by atoms with Crippen molar-refractivity contribution in [2.75, 3.05) is 28.4 Å². The van der Waals surface area contributed by atoms with E-state index in [1.165, 1.54) is 57.3 Å². The molecule has 0 amide bonds. The lowest BCUT2D eigenvalue weighted by atomic mass is 10.3. The second-order valence-electron chi connectivity index (χ2n) is 5.94. The molecule has 0 aliphatic rings. The first-order chi connectivity index (χ1) is 14.3. The molecule has 30 heavy (non-hydrogen) atoms. The molecule has 0 aliphatic carbocycles. The maximum atomic E-state index is 12.9. The lowest BCUT2D eigenvalue weighted by Gasteiger charge is -2.09. The molecule has 0 saturated carbocycles. The van der Waals surface area contributed by atoms with Gasteiger partial charge in [0.2, 0.25) is 4.80 Å². The van der Waals surface area contributed by atoms with Crippen molar-refractivity contribution in [2.24, 2.45) is 4.40 Å². The summed E-state index contributed by atoms with van der Waals surface area (Å²) in [5.41, 5.74) is 0.482. The maximum Gasteiger partial charge on any atom is 0.325 e. The molecule has 1 aromatic heterocycles. The van der Waals surface area contributed by atoms with Gasteiger partial charge in [0.05, 0.1) is 33.3 Å². The van der Waals surface area contributed by atoms with Gasteiger partial charge in [-0.3, -0.25) is 4.79 Å². The number of carbonyl (C=O) groups is 1. The Morgan fingerprint density at radius 1 is 0.967 bits per heavy atom. The van der Waals surface area contributed by atoms with Crippen molar-refractivity contribution in [2.45, 2.75) is 11.4 Å². The summed E-state index contributed by atoms with van der Waals surface area (Å²) < 4.78 is 52.4. The van der Waals surface area contributed by atoms with Crippen molar-refractivity contribution in [3.63, 3.8) is 0 Å². The number of carbonyl (C=O) groups excluding carboxylic acids is 1. The maximum absolute atomic E-state index is 12.9. The van der Waals surface area contributed by atoms with Crippen LogP contribution in [0.1, 0.15) is 0 Å². The van der Waals surface area contributed by atoms with Crippen molar-refractivity contribution in [3.05, 3.63) is 41.2 Å². The van der Waals surface area contributed by atoms with Crippen LogP contribution in [-0.4, -0.2) is 47.4 Å². The predicted octanol–water partition coefficient (Wildman–Crippen LogP) is 2.19. The van der Waals surface area contributed by atoms with Crippen molar-refractivity contribution in [1.29, 1.82) is 0 Å². The summed E-state index contributed by atoms with van der Waals surface area (Å²) in [5, 5.41) is 0. The number of esters is 1. The van der Waals surface area contributed by atoms with Gasteiger partial charge in [-0.1, -0.05) is 11.3 Å². The molecular formula is C19H20N2O7S2. The monoisotopic (exact) mass is 452 g/mol. The van der Waals surface area contributed by atoms with E-state index >= 15 is 0 Å². The first kappa shape index (κ1) is 21.7. The summed E-state index contributed by atoms with van der Waals surface area (Å²) in [7, 11) is 1.65. The van der Waals surface area contributed by atoms with Gasteiger partial charge in [-0.25, -0.2) is 0 Å². The molecule has 0 radical (unpaired) electrons. The number of thiazole rings is 1. The highest BCUT2D eigenvalue weighted by atomic mass is 32.2. The number of sulfonamides is 1. The quantitative estimate of drug-likeness (QED) is 0.506. The fourth-order valence-electron chi connectivity index (χ4n) is 2.77. The number of benzene rings is 2. The first-order valence-corrected chi connectivity index (χ1v) is 10.9. The van der Waals surface area contributed by atoms with E-state index in [0.717, 1.165) is 11.3 Å². The van der Waals surface area contributed by atoms with Gasteiger partial charge in [-0.05, 0) is 36.4 Å². The number of hydrogen-bond donors (Lipinski definition) is 0. The van der Waals surface area contributed by atoms with Gasteiger partial charge in [0.25, 0.3) is 10.0 Å². The standard InChI is InChI=1S/C19H20N2O7S2/c1-25-12-5-7-13(8-6-12)30(23,24)20-19-21(11-16(22)28-4)17-14(26-2)9-10-15(27-3)18(17)29-19/h5-10H,11H2,1-4H3. The van der Waals surface area contributed by atoms with E-state index in [-0.39, 0.29) is 16.2 Å². The van der Waals surface area contributed by atoms with E-state index in [0.29, 0.717) is 27.5 Å². The van der Waals surface area contributed by atoms with Gasteiger partial charge in [0.15, 0.2) is 0 Å². The highest BCUT2D eigenvalue weighted by Gasteiger charge is 2.20. The van der Waals surface area contributed by atoms with Crippen molar-refractivity contribution in [3.8, 4) is 17.2 Å². The predicted molar refractivity (Wildman–Crippen MR) is 111 cm³/mol. The molecule has 0 spiro atoms. The molecule has 2 aromatic carbocycles. The Morgan fingerprint density at radius 2 is 1.60 bits per heavy atom. The van der Waals surface area contributed by atoms with Gasteiger partial charge in [-0.15, -0.1) is 4.40 Å². The van der Waals surface area contributed by atoms with Crippen LogP contribution in [0.25, 0.3) is 10.2 Å². The average Bonchev–Trinajstić information content (AvgIpc) is 3.10. The minimum atomic E-state index is -4.06. The SMILES string of the molecule is COC(=O)Cn1c(=NS(=O)(=O)c2ccc(OC)cc2)sc2c(OC)ccc(OC)c21. The fourth-order valence-corrected chi connectivity index (χ4v) is 5.11. The van der Waals surface area contributed by atoms with Gasteiger partial charge in [0.1, 0.15) is 34.0 Å². The molecule has 0 atom stereocenters. The molecule has 3 rings (SSSR count). The summed E-state index contributed by atoms with van der Waals surface area (Å²) in [6.45, 7) is -0.253. The van der Waals surface area contributed by atoms with E-state index in [9.17, 15) is 13.2 Å². The number of hydrogen-bond acceptors (Lipinski definition) is 8. The third-order valence-corrected chi connectivity index (χ3v) is 6.75. The first-order valence-electron chi connectivity index (χ1n) is 8.60. The molecule has 11 heteroatoms. The molecule has 0 unspecified atom stereocenters. The van der Waals surface area contributed by atoms with Crippen LogP contribution < -0.4 is 19.0 Å². The molecule has 3 aromatic rings. The van der Waals surface area contributed by atoms with Gasteiger partial charge >= 0.3 is 5.97 Å². The largest absolute Gasteiger partial charge is 0.497 e. The number of methoxy groups -OCH3 is 4. The summed E-state index contributed by atoms with van der Waals surface area (Å²) in [6.07, 6.45) is 0. The highest BCUT2D eigenvalue weighted by Crippen LogP contribution is 2.35. The Kier molecular flexibility index (Phi) is 6.32. The zero-order valence-corrected chi connectivity index (χ0v) is 18.4. The fraction of sp³-hybridized carbons (Fsp3) is 0.263. The van der Waals surface area contributed by atoms with E-state index in [4.69, 9.17) is 18.9 Å². The van der Waals surface area contributed by atoms with E-state index < -0.39 is 16.0 Å². The van der Waals surface area contributed by atoms with Crippen LogP contribution in [0.3, 0.4) is 0 Å². The summed E-state index contributed by atoms with van der Waals surface area (Å²) >= 11 is 1.07. The van der Waals surface area contributed by atoms with Crippen molar-refractivity contribution >= 4 is 37.5 Å². The Balaban J connectivity index is 2.30. The minimum absolute atomic E-state index is 0.00990. The van der Waals surface area contributed by atoms with Gasteiger partial charge in [-0.2, -0.15) is 8.42 Å². The van der Waals surface area contributed by atoms with Crippen LogP contribution in [0.2, 0.25) is 0 Å². The molecule has 9 nitrogen and oxygen atoms in total. The molecule has 1 heterocycles. The average molecular weight is 453 g/mol. The number of aromatic nitrogens is 1. The number of ether oxygens (including phenoxy) is 4. The lowest BCUT2D eigenvalue weighted by Crippen LogP contribution is -2.22. The van der Waals surface area contributed by atoms with Crippen LogP contribution in [0.5, 0.6) is 17.2 Å². The molecular weight excluding hydrogens is 432 g/mol. The smallest absolute Gasteiger partial charge is 0.325 e. The van der Waals surface area contributed by atoms with Crippen LogP contribution in [0.4, 0.5) is 0 Å². The van der Waals surface area contributed by atoms with Gasteiger partial charge < -0.3 is 23.5 Å². The van der Waals surface area contributed by atoms with Gasteiger partial charge in [0, 0.05) is 0 Å². The van der Waals surface area contributed by atoms with Crippen LogP contribution in [0, 0.1) is 0 Å². The topological polar surface area (TPSA) is 105 Å². The van der Waals surface area contributed by atoms with Crippen molar-refractivity contribution < 1.29 is 32.2 Å². The van der Waals surface area contributed by atoms with Crippen LogP contribution in [-0.2, 0) is 26.1 Å². The second-order valence-corrected chi connectivity index (χ2v) is 8.52. The second kappa shape index (κ2) is 8.76. The zero-order chi connectivity index (χ0) is 21.9. The minimum Gasteiger partial charge on any atom is -0.497 e. The van der Waals surface area contributed by atoms with E-state index in [1.54, 1.807) is 12.1 Å². The Morgan fingerprint density at radius 3 is 2.17 bits per heavy atom. The summed E-state index contributed by atoms with van der Waals surface area (Å²) in [5.74, 6) is 0.890. The third kappa shape index (κ3) is 4.12. The molecule has 0 bridgehead atoms. The van der Waals surface area contributed by atoms with Crippen molar-refractivity contribution in [1.82, 2.24) is 4.57 Å². The Bertz CT molecular complexity index is 1240. The van der Waals surface area contributed by atoms with Crippen LogP contribution in [0.15, 0.2) is 45.7 Å². The Hall–Kier alpha value is -3.05.